The summed E-state index contributed by atoms with van der Waals surface area (Å²) in [5, 5.41) is 9.54. The Bertz CT molecular complexity index is 297. The maximum Gasteiger partial charge on any atom is 0.125 e. The molecule has 0 saturated carbocycles. The molecule has 13 heavy (non-hydrogen) atoms. The number of phenolic OH excluding ortho intramolecular Hbond substituents is 1. The van der Waals surface area contributed by atoms with Gasteiger partial charge in [-0.25, -0.2) is 0 Å². The Hall–Kier alpha value is -1.22. The Morgan fingerprint density at radius 1 is 1.46 bits per heavy atom. The van der Waals surface area contributed by atoms with Crippen LogP contribution in [0.15, 0.2) is 12.1 Å². The van der Waals surface area contributed by atoms with Crippen LogP contribution in [-0.2, 0) is 6.42 Å². The van der Waals surface area contributed by atoms with Crippen molar-refractivity contribution in [1.29, 1.82) is 0 Å². The average molecular weight is 181 g/mol. The van der Waals surface area contributed by atoms with Crippen molar-refractivity contribution in [3.8, 4) is 11.5 Å². The summed E-state index contributed by atoms with van der Waals surface area (Å²) in [5.41, 5.74) is 7.30. The number of nitrogens with two attached hydrogens (primary N) is 1. The molecule has 0 bridgehead atoms. The minimum absolute atomic E-state index is 0.257. The van der Waals surface area contributed by atoms with Crippen LogP contribution in [0.4, 0.5) is 0 Å². The zero-order chi connectivity index (χ0) is 9.84. The summed E-state index contributed by atoms with van der Waals surface area (Å²) < 4.78 is 5.07. The topological polar surface area (TPSA) is 55.5 Å². The van der Waals surface area contributed by atoms with E-state index < -0.39 is 0 Å². The summed E-state index contributed by atoms with van der Waals surface area (Å²) in [6.45, 7) is 2.48. The largest absolute Gasteiger partial charge is 0.508 e. The van der Waals surface area contributed by atoms with E-state index in [-0.39, 0.29) is 5.75 Å². The highest BCUT2D eigenvalue weighted by molar-refractivity contribution is 5.45. The SMILES string of the molecule is COc1cc(O)c(CCN)cc1C. The van der Waals surface area contributed by atoms with Crippen molar-refractivity contribution in [3.05, 3.63) is 23.3 Å². The van der Waals surface area contributed by atoms with E-state index in [9.17, 15) is 5.11 Å². The molecule has 0 aliphatic rings. The smallest absolute Gasteiger partial charge is 0.125 e. The quantitative estimate of drug-likeness (QED) is 0.737. The van der Waals surface area contributed by atoms with Gasteiger partial charge in [0.15, 0.2) is 0 Å². The molecule has 3 nitrogen and oxygen atoms in total. The predicted molar refractivity (Wildman–Crippen MR) is 52.2 cm³/mol. The lowest BCUT2D eigenvalue weighted by Gasteiger charge is -2.08. The van der Waals surface area contributed by atoms with Crippen LogP contribution in [0.3, 0.4) is 0 Å². The Labute approximate surface area is 78.1 Å². The molecule has 0 aliphatic carbocycles. The number of ether oxygens (including phenoxy) is 1. The van der Waals surface area contributed by atoms with Gasteiger partial charge in [-0.1, -0.05) is 0 Å². The number of hydrogen-bond donors (Lipinski definition) is 2. The van der Waals surface area contributed by atoms with Gasteiger partial charge in [0.25, 0.3) is 0 Å². The molecule has 0 atom stereocenters. The molecule has 0 amide bonds. The minimum Gasteiger partial charge on any atom is -0.508 e. The maximum absolute atomic E-state index is 9.54. The van der Waals surface area contributed by atoms with Gasteiger partial charge < -0.3 is 15.6 Å². The molecule has 3 N–H and O–H groups in total. The van der Waals surface area contributed by atoms with Gasteiger partial charge in [0, 0.05) is 6.07 Å². The fourth-order valence-corrected chi connectivity index (χ4v) is 1.31. The molecule has 0 radical (unpaired) electrons. The van der Waals surface area contributed by atoms with Gasteiger partial charge in [0.2, 0.25) is 0 Å². The Kier molecular flexibility index (Phi) is 3.14. The van der Waals surface area contributed by atoms with Crippen molar-refractivity contribution >= 4 is 0 Å². The van der Waals surface area contributed by atoms with E-state index in [1.165, 1.54) is 0 Å². The van der Waals surface area contributed by atoms with E-state index in [4.69, 9.17) is 10.5 Å². The Balaban J connectivity index is 3.05. The molecule has 1 aromatic rings. The first-order valence-corrected chi connectivity index (χ1v) is 4.25. The Morgan fingerprint density at radius 2 is 2.15 bits per heavy atom. The third-order valence-electron chi connectivity index (χ3n) is 2.01. The molecule has 0 unspecified atom stereocenters. The number of aromatic hydroxyl groups is 1. The van der Waals surface area contributed by atoms with Crippen LogP contribution in [0, 0.1) is 6.92 Å². The lowest BCUT2D eigenvalue weighted by atomic mass is 10.1. The van der Waals surface area contributed by atoms with Crippen molar-refractivity contribution < 1.29 is 9.84 Å². The minimum atomic E-state index is 0.257. The van der Waals surface area contributed by atoms with Crippen LogP contribution in [0.1, 0.15) is 11.1 Å². The first-order chi connectivity index (χ1) is 6.19. The van der Waals surface area contributed by atoms with Gasteiger partial charge in [0.05, 0.1) is 7.11 Å². The maximum atomic E-state index is 9.54. The fraction of sp³-hybridized carbons (Fsp3) is 0.400. The summed E-state index contributed by atoms with van der Waals surface area (Å²) in [7, 11) is 1.59. The number of methoxy groups -OCH3 is 1. The normalized spacial score (nSPS) is 10.1. The number of aryl methyl sites for hydroxylation is 1. The molecule has 0 saturated heterocycles. The van der Waals surface area contributed by atoms with Crippen LogP contribution in [0.2, 0.25) is 0 Å². The van der Waals surface area contributed by atoms with Crippen molar-refractivity contribution in [2.75, 3.05) is 13.7 Å². The summed E-state index contributed by atoms with van der Waals surface area (Å²) >= 11 is 0. The zero-order valence-electron chi connectivity index (χ0n) is 8.00. The third kappa shape index (κ3) is 2.12. The predicted octanol–water partition coefficient (Wildman–Crippen LogP) is 1.21. The van der Waals surface area contributed by atoms with Gasteiger partial charge in [-0.05, 0) is 37.1 Å². The zero-order valence-corrected chi connectivity index (χ0v) is 8.00. The van der Waals surface area contributed by atoms with Gasteiger partial charge in [-0.3, -0.25) is 0 Å². The highest BCUT2D eigenvalue weighted by Crippen LogP contribution is 2.27. The second-order valence-electron chi connectivity index (χ2n) is 2.99. The highest BCUT2D eigenvalue weighted by Gasteiger charge is 2.05. The number of hydrogen-bond acceptors (Lipinski definition) is 3. The Morgan fingerprint density at radius 3 is 2.69 bits per heavy atom. The second kappa shape index (κ2) is 4.14. The molecular weight excluding hydrogens is 166 g/mol. The van der Waals surface area contributed by atoms with Gasteiger partial charge in [0.1, 0.15) is 11.5 Å². The van der Waals surface area contributed by atoms with Gasteiger partial charge in [-0.2, -0.15) is 0 Å². The molecule has 0 spiro atoms. The van der Waals surface area contributed by atoms with E-state index in [1.54, 1.807) is 13.2 Å². The van der Waals surface area contributed by atoms with Crippen LogP contribution in [-0.4, -0.2) is 18.8 Å². The highest BCUT2D eigenvalue weighted by atomic mass is 16.5. The van der Waals surface area contributed by atoms with Crippen molar-refractivity contribution in [3.63, 3.8) is 0 Å². The van der Waals surface area contributed by atoms with E-state index >= 15 is 0 Å². The van der Waals surface area contributed by atoms with Crippen LogP contribution < -0.4 is 10.5 Å². The van der Waals surface area contributed by atoms with E-state index in [0.717, 1.165) is 11.1 Å². The number of rotatable bonds is 3. The summed E-state index contributed by atoms with van der Waals surface area (Å²) in [5.74, 6) is 0.964. The average Bonchev–Trinajstić information content (AvgIpc) is 2.11. The van der Waals surface area contributed by atoms with Gasteiger partial charge >= 0.3 is 0 Å². The number of phenols is 1. The second-order valence-corrected chi connectivity index (χ2v) is 2.99. The first kappa shape index (κ1) is 9.86. The third-order valence-corrected chi connectivity index (χ3v) is 2.01. The molecule has 0 aromatic heterocycles. The first-order valence-electron chi connectivity index (χ1n) is 4.25. The molecular formula is C10H15NO2. The summed E-state index contributed by atoms with van der Waals surface area (Å²) in [4.78, 5) is 0. The standard InChI is InChI=1S/C10H15NO2/c1-7-5-8(3-4-11)9(12)6-10(7)13-2/h5-6,12H,3-4,11H2,1-2H3. The molecule has 1 rings (SSSR count). The van der Waals surface area contributed by atoms with Crippen molar-refractivity contribution in [1.82, 2.24) is 0 Å². The number of benzene rings is 1. The fourth-order valence-electron chi connectivity index (χ4n) is 1.31. The van der Waals surface area contributed by atoms with Crippen LogP contribution >= 0.6 is 0 Å². The van der Waals surface area contributed by atoms with Crippen LogP contribution in [0.5, 0.6) is 11.5 Å². The van der Waals surface area contributed by atoms with Crippen LogP contribution in [0.25, 0.3) is 0 Å². The monoisotopic (exact) mass is 181 g/mol. The summed E-state index contributed by atoms with van der Waals surface area (Å²) in [6, 6.07) is 3.53. The molecule has 72 valence electrons. The molecule has 1 aromatic carbocycles. The lowest BCUT2D eigenvalue weighted by molar-refractivity contribution is 0.403. The van der Waals surface area contributed by atoms with E-state index in [1.807, 2.05) is 13.0 Å². The molecule has 0 fully saturated rings. The van der Waals surface area contributed by atoms with Crippen molar-refractivity contribution in [2.24, 2.45) is 5.73 Å². The molecule has 0 heterocycles. The van der Waals surface area contributed by atoms with Crippen molar-refractivity contribution in [2.45, 2.75) is 13.3 Å². The lowest BCUT2D eigenvalue weighted by Crippen LogP contribution is -2.03. The molecule has 3 heteroatoms. The van der Waals surface area contributed by atoms with E-state index in [2.05, 4.69) is 0 Å². The summed E-state index contributed by atoms with van der Waals surface area (Å²) in [6.07, 6.45) is 0.691. The van der Waals surface area contributed by atoms with Gasteiger partial charge in [-0.15, -0.1) is 0 Å². The molecule has 0 aliphatic heterocycles. The van der Waals surface area contributed by atoms with E-state index in [0.29, 0.717) is 18.7 Å².